The highest BCUT2D eigenvalue weighted by Gasteiger charge is 2.67. The van der Waals surface area contributed by atoms with Crippen LogP contribution >= 0.6 is 0 Å². The molecule has 3 aliphatic rings. The highest BCUT2D eigenvalue weighted by molar-refractivity contribution is 5.95. The van der Waals surface area contributed by atoms with E-state index in [-0.39, 0.29) is 45.6 Å². The first-order valence-electron chi connectivity index (χ1n) is 10.3. The van der Waals surface area contributed by atoms with Crippen LogP contribution in [0.15, 0.2) is 6.07 Å². The van der Waals surface area contributed by atoms with Gasteiger partial charge in [-0.15, -0.1) is 0 Å². The number of phenols is 1. The van der Waals surface area contributed by atoms with Gasteiger partial charge in [-0.05, 0) is 49.0 Å². The van der Waals surface area contributed by atoms with Gasteiger partial charge in [0, 0.05) is 23.0 Å². The maximum Gasteiger partial charge on any atom is 0.154 e. The lowest BCUT2D eigenvalue weighted by Gasteiger charge is -2.64. The molecule has 5 nitrogen and oxygen atoms in total. The van der Waals surface area contributed by atoms with E-state index in [0.717, 1.165) is 19.3 Å². The monoisotopic (exact) mass is 386 g/mol. The number of carbonyl (C=O) groups excluding carboxylic acids is 2. The van der Waals surface area contributed by atoms with Crippen molar-refractivity contribution in [1.82, 2.24) is 0 Å². The Bertz CT molecular complexity index is 844. The number of benzene rings is 1. The molecule has 1 spiro atoms. The minimum absolute atomic E-state index is 0.0209. The largest absolute Gasteiger partial charge is 0.508 e. The highest BCUT2D eigenvalue weighted by atomic mass is 16.5. The van der Waals surface area contributed by atoms with E-state index in [4.69, 9.17) is 4.74 Å². The van der Waals surface area contributed by atoms with Gasteiger partial charge in [-0.1, -0.05) is 27.7 Å². The number of fused-ring (bicyclic) bond motifs is 3. The summed E-state index contributed by atoms with van der Waals surface area (Å²) in [7, 11) is 0. The molecule has 2 saturated carbocycles. The van der Waals surface area contributed by atoms with Crippen molar-refractivity contribution < 1.29 is 24.5 Å². The van der Waals surface area contributed by atoms with Crippen molar-refractivity contribution in [3.63, 3.8) is 0 Å². The molecule has 0 radical (unpaired) electrons. The molecule has 0 saturated heterocycles. The summed E-state index contributed by atoms with van der Waals surface area (Å²) in [6, 6.07) is 1.37. The summed E-state index contributed by atoms with van der Waals surface area (Å²) >= 11 is 0. The van der Waals surface area contributed by atoms with E-state index in [9.17, 15) is 19.8 Å². The quantitative estimate of drug-likeness (QED) is 0.753. The number of aromatic hydroxyl groups is 1. The lowest BCUT2D eigenvalue weighted by Crippen LogP contribution is -2.66. The summed E-state index contributed by atoms with van der Waals surface area (Å²) in [5, 5.41) is 21.3. The van der Waals surface area contributed by atoms with Crippen molar-refractivity contribution in [2.75, 3.05) is 0 Å². The molecule has 28 heavy (non-hydrogen) atoms. The van der Waals surface area contributed by atoms with Crippen LogP contribution in [0.3, 0.4) is 0 Å². The minimum atomic E-state index is -0.563. The van der Waals surface area contributed by atoms with Gasteiger partial charge in [-0.2, -0.15) is 0 Å². The number of aldehydes is 2. The van der Waals surface area contributed by atoms with Crippen LogP contribution in [0.1, 0.15) is 79.7 Å². The van der Waals surface area contributed by atoms with Crippen LogP contribution in [0.4, 0.5) is 0 Å². The maximum atomic E-state index is 11.8. The summed E-state index contributed by atoms with van der Waals surface area (Å²) in [5.74, 6) is 0.884. The van der Waals surface area contributed by atoms with Gasteiger partial charge in [-0.3, -0.25) is 9.59 Å². The van der Waals surface area contributed by atoms with Crippen LogP contribution in [-0.2, 0) is 6.42 Å². The third kappa shape index (κ3) is 2.23. The molecule has 1 heterocycles. The number of aliphatic hydroxyl groups is 1. The van der Waals surface area contributed by atoms with E-state index in [2.05, 4.69) is 27.7 Å². The van der Waals surface area contributed by atoms with Gasteiger partial charge in [0.1, 0.15) is 17.1 Å². The van der Waals surface area contributed by atoms with Gasteiger partial charge in [-0.25, -0.2) is 0 Å². The van der Waals surface area contributed by atoms with Crippen molar-refractivity contribution in [2.45, 2.75) is 71.5 Å². The van der Waals surface area contributed by atoms with Crippen LogP contribution in [0, 0.1) is 22.7 Å². The Kier molecular flexibility index (Phi) is 4.20. The summed E-state index contributed by atoms with van der Waals surface area (Å²) < 4.78 is 6.66. The summed E-state index contributed by atoms with van der Waals surface area (Å²) in [6.45, 7) is 8.73. The topological polar surface area (TPSA) is 83.8 Å². The molecule has 1 aromatic carbocycles. The fourth-order valence-corrected chi connectivity index (χ4v) is 6.75. The van der Waals surface area contributed by atoms with E-state index in [1.54, 1.807) is 0 Å². The lowest BCUT2D eigenvalue weighted by molar-refractivity contribution is -0.210. The summed E-state index contributed by atoms with van der Waals surface area (Å²) in [5.41, 5.74) is 0.0139. The summed E-state index contributed by atoms with van der Waals surface area (Å²) in [4.78, 5) is 23.2. The molecule has 0 aromatic heterocycles. The number of carbonyl (C=O) groups is 2. The van der Waals surface area contributed by atoms with Crippen molar-refractivity contribution in [3.8, 4) is 11.5 Å². The Morgan fingerprint density at radius 2 is 1.86 bits per heavy atom. The fraction of sp³-hybridized carbons (Fsp3) is 0.652. The van der Waals surface area contributed by atoms with Crippen molar-refractivity contribution in [2.24, 2.45) is 22.7 Å². The smallest absolute Gasteiger partial charge is 0.154 e. The number of phenolic OH excluding ortho intramolecular Hbond substituents is 1. The van der Waals surface area contributed by atoms with E-state index >= 15 is 0 Å². The third-order valence-electron chi connectivity index (χ3n) is 8.51. The standard InChI is InChI=1S/C23H30O5/c1-13-5-6-18-21(2,3)19(27)7-8-22(18,4)23(13)10-15-17(26)9-14(11-24)16(12-25)20(15)28-23/h9,11-13,18-19,26-27H,5-8,10H2,1-4H3. The Balaban J connectivity index is 1.88. The molecule has 1 aliphatic heterocycles. The lowest BCUT2D eigenvalue weighted by atomic mass is 9.43. The number of ether oxygens (including phenoxy) is 1. The molecule has 2 fully saturated rings. The molecule has 0 amide bonds. The number of rotatable bonds is 2. The second-order valence-electron chi connectivity index (χ2n) is 9.93. The molecule has 152 valence electrons. The normalized spacial score (nSPS) is 38.4. The van der Waals surface area contributed by atoms with E-state index in [1.807, 2.05) is 0 Å². The highest BCUT2D eigenvalue weighted by Crippen LogP contribution is 2.66. The van der Waals surface area contributed by atoms with Crippen molar-refractivity contribution in [3.05, 3.63) is 22.8 Å². The number of hydrogen-bond acceptors (Lipinski definition) is 5. The Morgan fingerprint density at radius 3 is 2.50 bits per heavy atom. The molecule has 5 heteroatoms. The molecule has 5 unspecified atom stereocenters. The van der Waals surface area contributed by atoms with Gasteiger partial charge in [0.15, 0.2) is 12.6 Å². The Hall–Kier alpha value is -1.88. The molecular formula is C23H30O5. The zero-order valence-corrected chi connectivity index (χ0v) is 17.1. The molecule has 0 bridgehead atoms. The van der Waals surface area contributed by atoms with Gasteiger partial charge in [0.25, 0.3) is 0 Å². The second-order valence-corrected chi connectivity index (χ2v) is 9.93. The molecule has 1 aromatic rings. The first-order valence-corrected chi connectivity index (χ1v) is 10.3. The van der Waals surface area contributed by atoms with Crippen LogP contribution < -0.4 is 4.74 Å². The van der Waals surface area contributed by atoms with Gasteiger partial charge < -0.3 is 14.9 Å². The third-order valence-corrected chi connectivity index (χ3v) is 8.51. The van der Waals surface area contributed by atoms with Crippen molar-refractivity contribution >= 4 is 12.6 Å². The summed E-state index contributed by atoms with van der Waals surface area (Å²) in [6.07, 6.45) is 4.95. The second kappa shape index (κ2) is 6.06. The van der Waals surface area contributed by atoms with E-state index in [0.29, 0.717) is 36.7 Å². The minimum Gasteiger partial charge on any atom is -0.508 e. The van der Waals surface area contributed by atoms with Crippen LogP contribution in [0.2, 0.25) is 0 Å². The van der Waals surface area contributed by atoms with Gasteiger partial charge in [0.2, 0.25) is 0 Å². The molecule has 2 aliphatic carbocycles. The SMILES string of the molecule is CC1CCC2C(C)(C)C(O)CCC2(C)C12Cc1c(O)cc(C=O)c(C=O)c1O2. The van der Waals surface area contributed by atoms with Crippen LogP contribution in [-0.4, -0.2) is 34.5 Å². The maximum absolute atomic E-state index is 11.8. The van der Waals surface area contributed by atoms with Crippen molar-refractivity contribution in [1.29, 1.82) is 0 Å². The first-order chi connectivity index (χ1) is 13.1. The average Bonchev–Trinajstić information content (AvgIpc) is 3.06. The molecule has 4 rings (SSSR count). The Labute approximate surface area is 166 Å². The fourth-order valence-electron chi connectivity index (χ4n) is 6.75. The van der Waals surface area contributed by atoms with E-state index in [1.165, 1.54) is 6.07 Å². The number of aliphatic hydroxyl groups excluding tert-OH is 1. The molecule has 2 N–H and O–H groups in total. The zero-order valence-electron chi connectivity index (χ0n) is 17.1. The van der Waals surface area contributed by atoms with Gasteiger partial charge in [0.05, 0.1) is 11.7 Å². The van der Waals surface area contributed by atoms with E-state index < -0.39 is 5.60 Å². The molecular weight excluding hydrogens is 356 g/mol. The molecule has 5 atom stereocenters. The first kappa shape index (κ1) is 19.4. The zero-order chi connectivity index (χ0) is 20.5. The average molecular weight is 386 g/mol. The Morgan fingerprint density at radius 1 is 1.14 bits per heavy atom. The van der Waals surface area contributed by atoms with Crippen LogP contribution in [0.5, 0.6) is 11.5 Å². The predicted molar refractivity (Wildman–Crippen MR) is 105 cm³/mol. The van der Waals surface area contributed by atoms with Gasteiger partial charge >= 0.3 is 0 Å². The van der Waals surface area contributed by atoms with Crippen LogP contribution in [0.25, 0.3) is 0 Å². The number of hydrogen-bond donors (Lipinski definition) is 2. The predicted octanol–water partition coefficient (Wildman–Crippen LogP) is 3.92.